The lowest BCUT2D eigenvalue weighted by molar-refractivity contribution is -0.130. The van der Waals surface area contributed by atoms with Gasteiger partial charge in [-0.2, -0.15) is 0 Å². The Balaban J connectivity index is 2.04. The Morgan fingerprint density at radius 1 is 1.25 bits per heavy atom. The second kappa shape index (κ2) is 7.44. The molecule has 1 aliphatic rings. The van der Waals surface area contributed by atoms with Crippen LogP contribution in [0.2, 0.25) is 0 Å². The van der Waals surface area contributed by atoms with Crippen molar-refractivity contribution in [2.24, 2.45) is 0 Å². The van der Waals surface area contributed by atoms with Crippen molar-refractivity contribution in [1.29, 1.82) is 0 Å². The number of carbonyl (C=O) groups is 1. The molecule has 24 heavy (non-hydrogen) atoms. The summed E-state index contributed by atoms with van der Waals surface area (Å²) in [6.45, 7) is 5.59. The molecule has 0 aliphatic carbocycles. The zero-order valence-electron chi connectivity index (χ0n) is 15.2. The number of aryl methyl sites for hydroxylation is 2. The molecule has 0 aromatic carbocycles. The largest absolute Gasteiger partial charge is 0.388 e. The van der Waals surface area contributed by atoms with Crippen molar-refractivity contribution in [3.63, 3.8) is 0 Å². The van der Waals surface area contributed by atoms with Crippen molar-refractivity contribution < 1.29 is 9.90 Å². The van der Waals surface area contributed by atoms with Gasteiger partial charge in [-0.25, -0.2) is 9.97 Å². The second-order valence-electron chi connectivity index (χ2n) is 7.10. The van der Waals surface area contributed by atoms with E-state index < -0.39 is 5.60 Å². The molecule has 0 radical (unpaired) electrons. The minimum Gasteiger partial charge on any atom is -0.388 e. The molecule has 0 unspecified atom stereocenters. The number of likely N-dealkylation sites (tertiary alicyclic amines) is 1. The van der Waals surface area contributed by atoms with E-state index in [9.17, 15) is 9.90 Å². The normalized spacial score (nSPS) is 21.8. The van der Waals surface area contributed by atoms with Crippen LogP contribution in [-0.4, -0.2) is 70.1 Å². The third-order valence-corrected chi connectivity index (χ3v) is 4.65. The highest BCUT2D eigenvalue weighted by Gasteiger charge is 2.32. The molecule has 7 nitrogen and oxygen atoms in total. The molecule has 7 heteroatoms. The monoisotopic (exact) mass is 335 g/mol. The van der Waals surface area contributed by atoms with Crippen LogP contribution in [0.3, 0.4) is 0 Å². The maximum absolute atomic E-state index is 12.7. The van der Waals surface area contributed by atoms with Gasteiger partial charge in [0.25, 0.3) is 0 Å². The summed E-state index contributed by atoms with van der Waals surface area (Å²) in [5.41, 5.74) is 7.29. The summed E-state index contributed by atoms with van der Waals surface area (Å²) in [5, 5.41) is 10.7. The molecule has 1 amide bonds. The zero-order valence-corrected chi connectivity index (χ0v) is 15.2. The van der Waals surface area contributed by atoms with Crippen LogP contribution in [-0.2, 0) is 11.2 Å². The van der Waals surface area contributed by atoms with Gasteiger partial charge in [-0.05, 0) is 47.2 Å². The van der Waals surface area contributed by atoms with Gasteiger partial charge in [0.1, 0.15) is 0 Å². The number of anilines is 1. The number of aromatic nitrogens is 2. The van der Waals surface area contributed by atoms with Crippen LogP contribution in [0.15, 0.2) is 0 Å². The van der Waals surface area contributed by atoms with Gasteiger partial charge in [0.15, 0.2) is 0 Å². The standard InChI is InChI=1S/C17H29N5O2/c1-12-14(13(2)20-16(18)19-12)10-15(23)22-8-5-6-17(24,7-9-22)11-21(3)4/h24H,5-11H2,1-4H3,(H2,18,19,20)/t17-/m0/s1. The highest BCUT2D eigenvalue weighted by Crippen LogP contribution is 2.24. The van der Waals surface area contributed by atoms with Crippen LogP contribution < -0.4 is 5.73 Å². The van der Waals surface area contributed by atoms with Crippen molar-refractivity contribution in [2.75, 3.05) is 39.5 Å². The lowest BCUT2D eigenvalue weighted by Crippen LogP contribution is -2.41. The predicted molar refractivity (Wildman–Crippen MR) is 93.6 cm³/mol. The molecule has 1 fully saturated rings. The van der Waals surface area contributed by atoms with Crippen LogP contribution in [0.1, 0.15) is 36.2 Å². The molecule has 0 spiro atoms. The molecule has 1 aromatic rings. The fourth-order valence-corrected chi connectivity index (χ4v) is 3.46. The summed E-state index contributed by atoms with van der Waals surface area (Å²) < 4.78 is 0. The Morgan fingerprint density at radius 3 is 2.46 bits per heavy atom. The maximum Gasteiger partial charge on any atom is 0.227 e. The average Bonchev–Trinajstić information content (AvgIpc) is 2.63. The SMILES string of the molecule is Cc1nc(N)nc(C)c1CC(=O)N1CCC[C@@](O)(CN(C)C)CC1. The lowest BCUT2D eigenvalue weighted by atomic mass is 9.94. The summed E-state index contributed by atoms with van der Waals surface area (Å²) in [4.78, 5) is 24.9. The summed E-state index contributed by atoms with van der Waals surface area (Å²) in [6.07, 6.45) is 2.42. The van der Waals surface area contributed by atoms with Gasteiger partial charge in [-0.3, -0.25) is 4.79 Å². The molecular weight excluding hydrogens is 306 g/mol. The number of amides is 1. The van der Waals surface area contributed by atoms with Gasteiger partial charge in [0.2, 0.25) is 11.9 Å². The fraction of sp³-hybridized carbons (Fsp3) is 0.706. The Kier molecular flexibility index (Phi) is 5.77. The number of likely N-dealkylation sites (N-methyl/N-ethyl adjacent to an activating group) is 1. The van der Waals surface area contributed by atoms with Gasteiger partial charge < -0.3 is 20.6 Å². The number of rotatable bonds is 4. The van der Waals surface area contributed by atoms with E-state index in [4.69, 9.17) is 5.73 Å². The number of hydrogen-bond acceptors (Lipinski definition) is 6. The van der Waals surface area contributed by atoms with Crippen LogP contribution in [0, 0.1) is 13.8 Å². The van der Waals surface area contributed by atoms with Crippen molar-refractivity contribution in [2.45, 2.75) is 45.1 Å². The highest BCUT2D eigenvalue weighted by atomic mass is 16.3. The van der Waals surface area contributed by atoms with Crippen LogP contribution >= 0.6 is 0 Å². The van der Waals surface area contributed by atoms with Crippen molar-refractivity contribution >= 4 is 11.9 Å². The molecule has 2 heterocycles. The summed E-state index contributed by atoms with van der Waals surface area (Å²) >= 11 is 0. The van der Waals surface area contributed by atoms with E-state index >= 15 is 0 Å². The third-order valence-electron chi connectivity index (χ3n) is 4.65. The Labute approximate surface area is 143 Å². The number of nitrogens with two attached hydrogens (primary N) is 1. The van der Waals surface area contributed by atoms with Crippen LogP contribution in [0.4, 0.5) is 5.95 Å². The molecule has 1 aliphatic heterocycles. The van der Waals surface area contributed by atoms with Crippen LogP contribution in [0.25, 0.3) is 0 Å². The van der Waals surface area contributed by atoms with Gasteiger partial charge >= 0.3 is 0 Å². The molecule has 1 atom stereocenters. The number of carbonyl (C=O) groups excluding carboxylic acids is 1. The minimum atomic E-state index is -0.714. The fourth-order valence-electron chi connectivity index (χ4n) is 3.46. The average molecular weight is 335 g/mol. The quantitative estimate of drug-likeness (QED) is 0.833. The molecule has 0 saturated carbocycles. The first kappa shape index (κ1) is 18.6. The van der Waals surface area contributed by atoms with Crippen LogP contribution in [0.5, 0.6) is 0 Å². The first-order valence-electron chi connectivity index (χ1n) is 8.45. The topological polar surface area (TPSA) is 95.6 Å². The first-order chi connectivity index (χ1) is 11.2. The van der Waals surface area contributed by atoms with Crippen molar-refractivity contribution in [3.05, 3.63) is 17.0 Å². The zero-order chi connectivity index (χ0) is 17.9. The predicted octanol–water partition coefficient (Wildman–Crippen LogP) is 0.523. The number of hydrogen-bond donors (Lipinski definition) is 2. The van der Waals surface area contributed by atoms with E-state index in [1.165, 1.54) is 0 Å². The number of nitrogens with zero attached hydrogens (tertiary/aromatic N) is 4. The van der Waals surface area contributed by atoms with Gasteiger partial charge in [-0.15, -0.1) is 0 Å². The molecule has 1 saturated heterocycles. The molecule has 134 valence electrons. The highest BCUT2D eigenvalue weighted by molar-refractivity contribution is 5.79. The second-order valence-corrected chi connectivity index (χ2v) is 7.10. The van der Waals surface area contributed by atoms with Crippen molar-refractivity contribution in [1.82, 2.24) is 19.8 Å². The van der Waals surface area contributed by atoms with Crippen molar-refractivity contribution in [3.8, 4) is 0 Å². The van der Waals surface area contributed by atoms with E-state index in [2.05, 4.69) is 9.97 Å². The maximum atomic E-state index is 12.7. The molecular formula is C17H29N5O2. The number of nitrogen functional groups attached to an aromatic ring is 1. The van der Waals surface area contributed by atoms with Gasteiger partial charge in [0.05, 0.1) is 12.0 Å². The van der Waals surface area contributed by atoms with E-state index in [-0.39, 0.29) is 18.3 Å². The third kappa shape index (κ3) is 4.64. The molecule has 1 aromatic heterocycles. The van der Waals surface area contributed by atoms with E-state index in [0.717, 1.165) is 29.8 Å². The first-order valence-corrected chi connectivity index (χ1v) is 8.45. The van der Waals surface area contributed by atoms with E-state index in [1.807, 2.05) is 37.7 Å². The molecule has 2 rings (SSSR count). The van der Waals surface area contributed by atoms with E-state index in [0.29, 0.717) is 26.1 Å². The minimum absolute atomic E-state index is 0.0590. The Bertz CT molecular complexity index is 582. The summed E-state index contributed by atoms with van der Waals surface area (Å²) in [7, 11) is 3.91. The van der Waals surface area contributed by atoms with E-state index in [1.54, 1.807) is 0 Å². The lowest BCUT2D eigenvalue weighted by Gasteiger charge is -2.30. The summed E-state index contributed by atoms with van der Waals surface area (Å²) in [5.74, 6) is 0.299. The smallest absolute Gasteiger partial charge is 0.227 e. The summed E-state index contributed by atoms with van der Waals surface area (Å²) in [6, 6.07) is 0. The molecule has 0 bridgehead atoms. The Morgan fingerprint density at radius 2 is 1.88 bits per heavy atom. The number of aliphatic hydroxyl groups is 1. The molecule has 3 N–H and O–H groups in total. The Hall–Kier alpha value is -1.73. The van der Waals surface area contributed by atoms with Gasteiger partial charge in [0, 0.05) is 36.6 Å². The van der Waals surface area contributed by atoms with Gasteiger partial charge in [-0.1, -0.05) is 0 Å².